The number of non-ortho nitro benzene ring substituents is 1. The molecule has 0 aromatic heterocycles. The lowest BCUT2D eigenvalue weighted by Gasteiger charge is -2.09. The molecule has 0 aliphatic heterocycles. The van der Waals surface area contributed by atoms with Gasteiger partial charge in [0.15, 0.2) is 6.10 Å². The van der Waals surface area contributed by atoms with Crippen LogP contribution in [0.15, 0.2) is 53.6 Å². The zero-order chi connectivity index (χ0) is 17.5. The Kier molecular flexibility index (Phi) is 5.45. The van der Waals surface area contributed by atoms with Crippen molar-refractivity contribution in [2.75, 3.05) is 5.43 Å². The molecule has 2 aromatic carbocycles. The Morgan fingerprint density at radius 3 is 2.42 bits per heavy atom. The quantitative estimate of drug-likeness (QED) is 0.458. The van der Waals surface area contributed by atoms with Crippen LogP contribution in [0.4, 0.5) is 11.4 Å². The van der Waals surface area contributed by atoms with Crippen molar-refractivity contribution in [3.63, 3.8) is 0 Å². The second kappa shape index (κ2) is 7.73. The van der Waals surface area contributed by atoms with Crippen molar-refractivity contribution >= 4 is 23.6 Å². The van der Waals surface area contributed by atoms with Crippen LogP contribution < -0.4 is 10.2 Å². The number of nitro benzene ring substituents is 1. The summed E-state index contributed by atoms with van der Waals surface area (Å²) in [5.74, 6) is -0.585. The van der Waals surface area contributed by atoms with Crippen molar-refractivity contribution in [3.05, 3.63) is 64.2 Å². The van der Waals surface area contributed by atoms with Crippen molar-refractivity contribution < 1.29 is 19.6 Å². The highest BCUT2D eigenvalue weighted by molar-refractivity contribution is 5.80. The molecule has 2 rings (SSSR count). The minimum Gasteiger partial charge on any atom is -0.479 e. The number of anilines is 1. The molecular formula is C16H15N3O5. The van der Waals surface area contributed by atoms with Crippen LogP contribution in [-0.2, 0) is 4.79 Å². The highest BCUT2D eigenvalue weighted by Crippen LogP contribution is 2.16. The van der Waals surface area contributed by atoms with E-state index in [2.05, 4.69) is 10.5 Å². The lowest BCUT2D eigenvalue weighted by Crippen LogP contribution is -2.22. The molecule has 0 heterocycles. The first kappa shape index (κ1) is 16.9. The van der Waals surface area contributed by atoms with Crippen LogP contribution >= 0.6 is 0 Å². The van der Waals surface area contributed by atoms with E-state index in [9.17, 15) is 14.9 Å². The van der Waals surface area contributed by atoms with Crippen molar-refractivity contribution in [2.45, 2.75) is 13.0 Å². The third-order valence-corrected chi connectivity index (χ3v) is 3.03. The molecular weight excluding hydrogens is 314 g/mol. The number of hydrazone groups is 1. The van der Waals surface area contributed by atoms with Gasteiger partial charge in [0, 0.05) is 12.1 Å². The predicted molar refractivity (Wildman–Crippen MR) is 88.5 cm³/mol. The zero-order valence-corrected chi connectivity index (χ0v) is 12.7. The summed E-state index contributed by atoms with van der Waals surface area (Å²) in [5.41, 5.74) is 4.16. The largest absolute Gasteiger partial charge is 0.479 e. The van der Waals surface area contributed by atoms with E-state index in [1.165, 1.54) is 19.1 Å². The number of nitrogens with zero attached hydrogens (tertiary/aromatic N) is 2. The molecule has 0 radical (unpaired) electrons. The third-order valence-electron chi connectivity index (χ3n) is 3.03. The summed E-state index contributed by atoms with van der Waals surface area (Å²) in [6, 6.07) is 12.6. The second-order valence-electron chi connectivity index (χ2n) is 4.84. The van der Waals surface area contributed by atoms with Crippen molar-refractivity contribution in [3.8, 4) is 5.75 Å². The number of carboxylic acids is 1. The molecule has 24 heavy (non-hydrogen) atoms. The van der Waals surface area contributed by atoms with Gasteiger partial charge < -0.3 is 9.84 Å². The molecule has 124 valence electrons. The number of carbonyl (C=O) groups is 1. The van der Waals surface area contributed by atoms with Crippen LogP contribution in [0.2, 0.25) is 0 Å². The van der Waals surface area contributed by atoms with E-state index in [1.54, 1.807) is 42.6 Å². The van der Waals surface area contributed by atoms with Gasteiger partial charge in [-0.1, -0.05) is 0 Å². The number of benzene rings is 2. The average molecular weight is 329 g/mol. The van der Waals surface area contributed by atoms with Gasteiger partial charge in [-0.3, -0.25) is 15.5 Å². The molecule has 0 aliphatic carbocycles. The van der Waals surface area contributed by atoms with E-state index in [-0.39, 0.29) is 5.69 Å². The summed E-state index contributed by atoms with van der Waals surface area (Å²) >= 11 is 0. The smallest absolute Gasteiger partial charge is 0.344 e. The standard InChI is InChI=1S/C16H15N3O5/c1-11(16(20)21)24-15-8-2-12(3-9-15)10-17-18-13-4-6-14(7-5-13)19(22)23/h2-11,18H,1H3,(H,20,21)/b17-10+. The van der Waals surface area contributed by atoms with Gasteiger partial charge in [0.2, 0.25) is 0 Å². The van der Waals surface area contributed by atoms with E-state index < -0.39 is 17.0 Å². The first-order valence-electron chi connectivity index (χ1n) is 6.99. The monoisotopic (exact) mass is 329 g/mol. The number of nitro groups is 1. The Bertz CT molecular complexity index is 741. The van der Waals surface area contributed by atoms with Crippen LogP contribution in [0.3, 0.4) is 0 Å². The van der Waals surface area contributed by atoms with E-state index in [0.29, 0.717) is 11.4 Å². The molecule has 0 amide bonds. The normalized spacial score (nSPS) is 11.9. The van der Waals surface area contributed by atoms with Crippen molar-refractivity contribution in [1.82, 2.24) is 0 Å². The molecule has 1 atom stereocenters. The molecule has 0 aliphatic rings. The molecule has 0 saturated carbocycles. The SMILES string of the molecule is CC(Oc1ccc(/C=N/Nc2ccc([N+](=O)[O-])cc2)cc1)C(=O)O. The highest BCUT2D eigenvalue weighted by Gasteiger charge is 2.11. The first-order chi connectivity index (χ1) is 11.5. The van der Waals surface area contributed by atoms with Gasteiger partial charge >= 0.3 is 5.97 Å². The van der Waals surface area contributed by atoms with Crippen LogP contribution in [0, 0.1) is 10.1 Å². The second-order valence-corrected chi connectivity index (χ2v) is 4.84. The minimum absolute atomic E-state index is 0.00991. The Morgan fingerprint density at radius 2 is 1.88 bits per heavy atom. The number of aliphatic carboxylic acids is 1. The Hall–Kier alpha value is -3.42. The molecule has 2 aromatic rings. The van der Waals surface area contributed by atoms with E-state index >= 15 is 0 Å². The number of rotatable bonds is 7. The van der Waals surface area contributed by atoms with Crippen molar-refractivity contribution in [1.29, 1.82) is 0 Å². The lowest BCUT2D eigenvalue weighted by atomic mass is 10.2. The van der Waals surface area contributed by atoms with Gasteiger partial charge in [-0.25, -0.2) is 4.79 Å². The fourth-order valence-corrected chi connectivity index (χ4v) is 1.73. The maximum atomic E-state index is 10.7. The minimum atomic E-state index is -1.03. The molecule has 8 nitrogen and oxygen atoms in total. The molecule has 2 N–H and O–H groups in total. The molecule has 0 fully saturated rings. The van der Waals surface area contributed by atoms with Crippen LogP contribution in [0.5, 0.6) is 5.75 Å². The molecule has 0 bridgehead atoms. The number of nitrogens with one attached hydrogen (secondary N) is 1. The number of ether oxygens (including phenoxy) is 1. The van der Waals surface area contributed by atoms with Gasteiger partial charge in [-0.15, -0.1) is 0 Å². The van der Waals surface area contributed by atoms with Gasteiger partial charge in [0.25, 0.3) is 5.69 Å². The first-order valence-corrected chi connectivity index (χ1v) is 6.99. The maximum Gasteiger partial charge on any atom is 0.344 e. The fourth-order valence-electron chi connectivity index (χ4n) is 1.73. The summed E-state index contributed by atoms with van der Waals surface area (Å²) in [5, 5.41) is 23.4. The van der Waals surface area contributed by atoms with E-state index in [4.69, 9.17) is 9.84 Å². The average Bonchev–Trinajstić information content (AvgIpc) is 2.56. The summed E-state index contributed by atoms with van der Waals surface area (Å²) in [7, 11) is 0. The third kappa shape index (κ3) is 4.80. The highest BCUT2D eigenvalue weighted by atomic mass is 16.6. The lowest BCUT2D eigenvalue weighted by molar-refractivity contribution is -0.384. The number of hydrogen-bond donors (Lipinski definition) is 2. The predicted octanol–water partition coefficient (Wildman–Crippen LogP) is 2.89. The van der Waals surface area contributed by atoms with Gasteiger partial charge in [0.1, 0.15) is 5.75 Å². The molecule has 0 spiro atoms. The molecule has 8 heteroatoms. The maximum absolute atomic E-state index is 10.7. The van der Waals surface area contributed by atoms with Crippen LogP contribution in [-0.4, -0.2) is 28.3 Å². The number of hydrogen-bond acceptors (Lipinski definition) is 6. The van der Waals surface area contributed by atoms with Crippen LogP contribution in [0.1, 0.15) is 12.5 Å². The Labute approximate surface area is 137 Å². The van der Waals surface area contributed by atoms with E-state index in [0.717, 1.165) is 5.56 Å². The number of carboxylic acid groups (broad SMARTS) is 1. The summed E-state index contributed by atoms with van der Waals surface area (Å²) in [6.07, 6.45) is 0.638. The van der Waals surface area contributed by atoms with Crippen LogP contribution in [0.25, 0.3) is 0 Å². The fraction of sp³-hybridized carbons (Fsp3) is 0.125. The Morgan fingerprint density at radius 1 is 1.25 bits per heavy atom. The summed E-state index contributed by atoms with van der Waals surface area (Å²) in [4.78, 5) is 20.8. The van der Waals surface area contributed by atoms with E-state index in [1.807, 2.05) is 0 Å². The summed E-state index contributed by atoms with van der Waals surface area (Å²) < 4.78 is 5.22. The topological polar surface area (TPSA) is 114 Å². The van der Waals surface area contributed by atoms with Gasteiger partial charge in [-0.2, -0.15) is 5.10 Å². The Balaban J connectivity index is 1.92. The zero-order valence-electron chi connectivity index (χ0n) is 12.7. The van der Waals surface area contributed by atoms with Crippen molar-refractivity contribution in [2.24, 2.45) is 5.10 Å². The summed E-state index contributed by atoms with van der Waals surface area (Å²) in [6.45, 7) is 1.45. The van der Waals surface area contributed by atoms with Gasteiger partial charge in [0.05, 0.1) is 16.8 Å². The molecule has 0 saturated heterocycles. The molecule has 1 unspecified atom stereocenters. The van der Waals surface area contributed by atoms with Gasteiger partial charge in [-0.05, 0) is 48.9 Å².